The minimum absolute atomic E-state index is 0.0684. The summed E-state index contributed by atoms with van der Waals surface area (Å²) in [6, 6.07) is 16.4. The zero-order valence-corrected chi connectivity index (χ0v) is 17.7. The minimum Gasteiger partial charge on any atom is -0.497 e. The largest absolute Gasteiger partial charge is 0.497 e. The van der Waals surface area contributed by atoms with Crippen LogP contribution in [-0.4, -0.2) is 38.6 Å². The number of rotatable bonds is 7. The van der Waals surface area contributed by atoms with Crippen molar-refractivity contribution in [3.05, 3.63) is 59.7 Å². The molecule has 0 bridgehead atoms. The fraction of sp³-hybridized carbons (Fsp3) is 0.417. The van der Waals surface area contributed by atoms with E-state index in [-0.39, 0.29) is 17.2 Å². The molecule has 1 aliphatic heterocycles. The lowest BCUT2D eigenvalue weighted by Crippen LogP contribution is -2.41. The van der Waals surface area contributed by atoms with Gasteiger partial charge in [0, 0.05) is 36.5 Å². The molecular weight excluding hydrogens is 376 g/mol. The quantitative estimate of drug-likeness (QED) is 0.487. The monoisotopic (exact) mass is 406 g/mol. The molecule has 2 aliphatic rings. The lowest BCUT2D eigenvalue weighted by atomic mass is 9.90. The van der Waals surface area contributed by atoms with E-state index in [1.54, 1.807) is 7.11 Å². The van der Waals surface area contributed by atoms with E-state index in [0.29, 0.717) is 13.0 Å². The van der Waals surface area contributed by atoms with Gasteiger partial charge in [-0.15, -0.1) is 0 Å². The third kappa shape index (κ3) is 4.42. The van der Waals surface area contributed by atoms with Crippen LogP contribution in [0.5, 0.6) is 5.75 Å². The van der Waals surface area contributed by atoms with Crippen molar-refractivity contribution in [3.63, 3.8) is 0 Å². The van der Waals surface area contributed by atoms with Gasteiger partial charge in [-0.05, 0) is 49.1 Å². The highest BCUT2D eigenvalue weighted by atomic mass is 16.5. The second-order valence-electron chi connectivity index (χ2n) is 8.12. The van der Waals surface area contributed by atoms with Crippen LogP contribution in [0, 0.1) is 0 Å². The van der Waals surface area contributed by atoms with Crippen molar-refractivity contribution in [1.29, 1.82) is 0 Å². The summed E-state index contributed by atoms with van der Waals surface area (Å²) >= 11 is 0. The number of aliphatic imine (C=N–C) groups is 1. The maximum Gasteiger partial charge on any atom is 0.225 e. The van der Waals surface area contributed by atoms with E-state index < -0.39 is 0 Å². The van der Waals surface area contributed by atoms with Gasteiger partial charge in [-0.25, -0.2) is 0 Å². The summed E-state index contributed by atoms with van der Waals surface area (Å²) in [5.41, 5.74) is 3.54. The molecule has 0 aromatic heterocycles. The molecular formula is C24H30N4O2. The first-order valence-electron chi connectivity index (χ1n) is 10.7. The van der Waals surface area contributed by atoms with Crippen LogP contribution in [-0.2, 0) is 10.2 Å². The maximum atomic E-state index is 12.1. The van der Waals surface area contributed by atoms with Crippen LogP contribution < -0.4 is 20.7 Å². The van der Waals surface area contributed by atoms with E-state index in [2.05, 4.69) is 41.1 Å². The van der Waals surface area contributed by atoms with Crippen LogP contribution in [0.3, 0.4) is 0 Å². The molecule has 1 fully saturated rings. The number of fused-ring (bicyclic) bond motifs is 1. The Kier molecular flexibility index (Phi) is 5.93. The van der Waals surface area contributed by atoms with Gasteiger partial charge in [-0.2, -0.15) is 0 Å². The van der Waals surface area contributed by atoms with Crippen molar-refractivity contribution in [3.8, 4) is 5.75 Å². The Bertz CT molecular complexity index is 919. The van der Waals surface area contributed by atoms with Gasteiger partial charge in [0.1, 0.15) is 5.75 Å². The first-order chi connectivity index (χ1) is 14.6. The van der Waals surface area contributed by atoms with E-state index in [9.17, 15) is 4.79 Å². The summed E-state index contributed by atoms with van der Waals surface area (Å²) in [4.78, 5) is 17.0. The van der Waals surface area contributed by atoms with Crippen LogP contribution in [0.25, 0.3) is 0 Å². The number of carbonyl (C=O) groups excluding carboxylic acids is 1. The van der Waals surface area contributed by atoms with Gasteiger partial charge < -0.3 is 20.7 Å². The molecule has 2 aromatic rings. The molecule has 1 unspecified atom stereocenters. The van der Waals surface area contributed by atoms with Crippen molar-refractivity contribution < 1.29 is 9.53 Å². The normalized spacial score (nSPS) is 19.5. The second-order valence-corrected chi connectivity index (χ2v) is 8.12. The molecule has 30 heavy (non-hydrogen) atoms. The Balaban J connectivity index is 1.43. The van der Waals surface area contributed by atoms with Crippen LogP contribution in [0.2, 0.25) is 0 Å². The van der Waals surface area contributed by atoms with Gasteiger partial charge in [-0.3, -0.25) is 9.79 Å². The smallest absolute Gasteiger partial charge is 0.225 e. The Morgan fingerprint density at radius 2 is 1.93 bits per heavy atom. The topological polar surface area (TPSA) is 74.8 Å². The molecule has 1 atom stereocenters. The highest BCUT2D eigenvalue weighted by Crippen LogP contribution is 2.48. The number of carbonyl (C=O) groups is 1. The summed E-state index contributed by atoms with van der Waals surface area (Å²) in [6.07, 6.45) is 2.79. The number of benzene rings is 2. The van der Waals surface area contributed by atoms with Crippen molar-refractivity contribution in [2.24, 2.45) is 4.99 Å². The van der Waals surface area contributed by atoms with Gasteiger partial charge in [0.15, 0.2) is 5.96 Å². The molecule has 4 rings (SSSR count). The van der Waals surface area contributed by atoms with E-state index in [1.807, 2.05) is 30.3 Å². The number of nitrogens with one attached hydrogen (secondary N) is 3. The highest BCUT2D eigenvalue weighted by Gasteiger charge is 2.44. The lowest BCUT2D eigenvalue weighted by Gasteiger charge is -2.26. The van der Waals surface area contributed by atoms with Crippen LogP contribution in [0.4, 0.5) is 5.69 Å². The molecule has 1 heterocycles. The minimum atomic E-state index is 0.0684. The highest BCUT2D eigenvalue weighted by molar-refractivity contribution is 5.94. The summed E-state index contributed by atoms with van der Waals surface area (Å²) in [7, 11) is 1.69. The molecule has 0 saturated heterocycles. The van der Waals surface area contributed by atoms with Gasteiger partial charge in [-0.1, -0.05) is 30.3 Å². The van der Waals surface area contributed by atoms with Crippen LogP contribution >= 0.6 is 0 Å². The van der Waals surface area contributed by atoms with Gasteiger partial charge in [0.2, 0.25) is 5.91 Å². The molecule has 1 saturated carbocycles. The molecule has 6 heteroatoms. The summed E-state index contributed by atoms with van der Waals surface area (Å²) in [5.74, 6) is 1.89. The fourth-order valence-electron chi connectivity index (χ4n) is 4.11. The molecule has 0 radical (unpaired) electrons. The number of ether oxygens (including phenoxy) is 1. The van der Waals surface area contributed by atoms with Gasteiger partial charge in [0.05, 0.1) is 13.7 Å². The Labute approximate surface area is 178 Å². The standard InChI is InChI=1S/C24H30N4O2/c1-3-25-23(26-15-17-14-22(29)28-21-7-5-4-6-20(17)21)27-16-24(12-13-24)18-8-10-19(30-2)11-9-18/h4-11,17H,3,12-16H2,1-2H3,(H,28,29)(H2,25,26,27). The average Bonchev–Trinajstić information content (AvgIpc) is 3.56. The van der Waals surface area contributed by atoms with Gasteiger partial charge in [0.25, 0.3) is 0 Å². The Morgan fingerprint density at radius 3 is 2.63 bits per heavy atom. The number of amides is 1. The number of guanidine groups is 1. The molecule has 0 spiro atoms. The summed E-state index contributed by atoms with van der Waals surface area (Å²) in [5, 5.41) is 9.77. The molecule has 158 valence electrons. The van der Waals surface area contributed by atoms with Crippen LogP contribution in [0.1, 0.15) is 43.2 Å². The molecule has 3 N–H and O–H groups in total. The molecule has 1 amide bonds. The third-order valence-electron chi connectivity index (χ3n) is 6.06. The Hall–Kier alpha value is -3.02. The number of hydrogen-bond acceptors (Lipinski definition) is 3. The van der Waals surface area contributed by atoms with Crippen molar-refractivity contribution >= 4 is 17.6 Å². The number of nitrogens with zero attached hydrogens (tertiary/aromatic N) is 1. The zero-order chi connectivity index (χ0) is 21.0. The van der Waals surface area contributed by atoms with Crippen LogP contribution in [0.15, 0.2) is 53.5 Å². The Morgan fingerprint density at radius 1 is 1.17 bits per heavy atom. The fourth-order valence-corrected chi connectivity index (χ4v) is 4.11. The number of methoxy groups -OCH3 is 1. The SMILES string of the molecule is CCNC(=NCC1(c2ccc(OC)cc2)CC1)NCC1CC(=O)Nc2ccccc21. The molecule has 1 aliphatic carbocycles. The zero-order valence-electron chi connectivity index (χ0n) is 17.7. The number of para-hydroxylation sites is 1. The second kappa shape index (κ2) is 8.78. The first kappa shape index (κ1) is 20.3. The third-order valence-corrected chi connectivity index (χ3v) is 6.06. The van der Waals surface area contributed by atoms with E-state index >= 15 is 0 Å². The lowest BCUT2D eigenvalue weighted by molar-refractivity contribution is -0.116. The predicted octanol–water partition coefficient (Wildman–Crippen LogP) is 3.41. The van der Waals surface area contributed by atoms with Gasteiger partial charge >= 0.3 is 0 Å². The first-order valence-corrected chi connectivity index (χ1v) is 10.7. The average molecular weight is 407 g/mol. The van der Waals surface area contributed by atoms with Crippen molar-refractivity contribution in [1.82, 2.24) is 10.6 Å². The van der Waals surface area contributed by atoms with E-state index in [1.165, 1.54) is 11.1 Å². The maximum absolute atomic E-state index is 12.1. The predicted molar refractivity (Wildman–Crippen MR) is 120 cm³/mol. The van der Waals surface area contributed by atoms with Crippen molar-refractivity contribution in [2.45, 2.75) is 37.5 Å². The number of hydrogen-bond donors (Lipinski definition) is 3. The molecule has 2 aromatic carbocycles. The van der Waals surface area contributed by atoms with E-state index in [0.717, 1.165) is 43.3 Å². The van der Waals surface area contributed by atoms with Crippen molar-refractivity contribution in [2.75, 3.05) is 32.1 Å². The number of anilines is 1. The molecule has 6 nitrogen and oxygen atoms in total. The summed E-state index contributed by atoms with van der Waals surface area (Å²) < 4.78 is 5.28. The van der Waals surface area contributed by atoms with E-state index in [4.69, 9.17) is 9.73 Å². The summed E-state index contributed by atoms with van der Waals surface area (Å²) in [6.45, 7) is 4.28.